The summed E-state index contributed by atoms with van der Waals surface area (Å²) in [5.74, 6) is 0.470. The Bertz CT molecular complexity index is 563. The van der Waals surface area contributed by atoms with Crippen molar-refractivity contribution in [3.63, 3.8) is 0 Å². The lowest BCUT2D eigenvalue weighted by Gasteiger charge is -2.40. The first-order valence-electron chi connectivity index (χ1n) is 8.27. The van der Waals surface area contributed by atoms with Crippen molar-refractivity contribution in [3.8, 4) is 6.07 Å². The molecule has 1 fully saturated rings. The highest BCUT2D eigenvalue weighted by Crippen LogP contribution is 2.22. The van der Waals surface area contributed by atoms with Crippen LogP contribution in [0.3, 0.4) is 0 Å². The fourth-order valence-corrected chi connectivity index (χ4v) is 3.24. The summed E-state index contributed by atoms with van der Waals surface area (Å²) in [7, 11) is 1.88. The number of nitrogens with zero attached hydrogens (tertiary/aromatic N) is 3. The highest BCUT2D eigenvalue weighted by molar-refractivity contribution is 5.89. The second kappa shape index (κ2) is 7.98. The largest absolute Gasteiger partial charge is 0.324 e. The van der Waals surface area contributed by atoms with E-state index in [0.717, 1.165) is 37.3 Å². The smallest absolute Gasteiger partial charge is 0.321 e. The highest BCUT2D eigenvalue weighted by atomic mass is 16.2. The zero-order valence-corrected chi connectivity index (χ0v) is 14.2. The number of carbonyl (C=O) groups excluding carboxylic acids is 1. The molecule has 124 valence electrons. The maximum Gasteiger partial charge on any atom is 0.321 e. The van der Waals surface area contributed by atoms with Crippen LogP contribution in [-0.4, -0.2) is 48.6 Å². The number of piperidine rings is 1. The molecule has 0 spiro atoms. The van der Waals surface area contributed by atoms with E-state index in [1.165, 1.54) is 0 Å². The van der Waals surface area contributed by atoms with Crippen molar-refractivity contribution in [2.45, 2.75) is 32.7 Å². The lowest BCUT2D eigenvalue weighted by atomic mass is 9.93. The maximum atomic E-state index is 12.5. The molecular weight excluding hydrogens is 288 g/mol. The van der Waals surface area contributed by atoms with Crippen molar-refractivity contribution in [3.05, 3.63) is 29.8 Å². The van der Waals surface area contributed by atoms with Gasteiger partial charge in [-0.2, -0.15) is 5.26 Å². The Morgan fingerprint density at radius 1 is 1.43 bits per heavy atom. The molecule has 2 rings (SSSR count). The molecule has 0 radical (unpaired) electrons. The Morgan fingerprint density at radius 3 is 2.70 bits per heavy atom. The summed E-state index contributed by atoms with van der Waals surface area (Å²) in [4.78, 5) is 16.7. The third kappa shape index (κ3) is 4.46. The summed E-state index contributed by atoms with van der Waals surface area (Å²) in [6, 6.07) is 9.77. The number of benzene rings is 1. The van der Waals surface area contributed by atoms with Crippen LogP contribution in [0.5, 0.6) is 0 Å². The Hall–Kier alpha value is -2.06. The SMILES string of the molecule is CCN1CCC(N(C)C(=O)Nc2ccc(CC#N)cc2)C(C)C1. The highest BCUT2D eigenvalue weighted by Gasteiger charge is 2.30. The van der Waals surface area contributed by atoms with Gasteiger partial charge in [0.15, 0.2) is 0 Å². The summed E-state index contributed by atoms with van der Waals surface area (Å²) < 4.78 is 0. The average Bonchev–Trinajstić information content (AvgIpc) is 2.56. The van der Waals surface area contributed by atoms with Crippen molar-refractivity contribution in [2.24, 2.45) is 5.92 Å². The number of hydrogen-bond donors (Lipinski definition) is 1. The van der Waals surface area contributed by atoms with E-state index >= 15 is 0 Å². The fourth-order valence-electron chi connectivity index (χ4n) is 3.24. The third-order valence-corrected chi connectivity index (χ3v) is 4.70. The topological polar surface area (TPSA) is 59.4 Å². The van der Waals surface area contributed by atoms with Crippen LogP contribution >= 0.6 is 0 Å². The summed E-state index contributed by atoms with van der Waals surface area (Å²) in [6.45, 7) is 7.56. The van der Waals surface area contributed by atoms with E-state index in [4.69, 9.17) is 5.26 Å². The monoisotopic (exact) mass is 314 g/mol. The lowest BCUT2D eigenvalue weighted by molar-refractivity contribution is 0.101. The minimum Gasteiger partial charge on any atom is -0.324 e. The number of rotatable bonds is 4. The standard InChI is InChI=1S/C18H26N4O/c1-4-22-12-10-17(14(2)13-22)21(3)18(23)20-16-7-5-15(6-8-16)9-11-19/h5-8,14,17H,4,9-10,12-13H2,1-3H3,(H,20,23). The molecule has 2 unspecified atom stereocenters. The molecule has 2 atom stereocenters. The minimum absolute atomic E-state index is 0.0696. The summed E-state index contributed by atoms with van der Waals surface area (Å²) in [5.41, 5.74) is 1.72. The van der Waals surface area contributed by atoms with Crippen LogP contribution in [0.4, 0.5) is 10.5 Å². The van der Waals surface area contributed by atoms with Gasteiger partial charge < -0.3 is 15.1 Å². The quantitative estimate of drug-likeness (QED) is 0.929. The first-order valence-corrected chi connectivity index (χ1v) is 8.27. The second-order valence-electron chi connectivity index (χ2n) is 6.30. The van der Waals surface area contributed by atoms with Crippen LogP contribution in [0, 0.1) is 17.2 Å². The van der Waals surface area contributed by atoms with Gasteiger partial charge in [0.05, 0.1) is 12.5 Å². The van der Waals surface area contributed by atoms with E-state index in [2.05, 4.69) is 30.1 Å². The summed E-state index contributed by atoms with van der Waals surface area (Å²) in [5, 5.41) is 11.6. The second-order valence-corrected chi connectivity index (χ2v) is 6.30. The van der Waals surface area contributed by atoms with Gasteiger partial charge in [0.1, 0.15) is 0 Å². The maximum absolute atomic E-state index is 12.5. The molecule has 0 saturated carbocycles. The van der Waals surface area contributed by atoms with Crippen LogP contribution < -0.4 is 5.32 Å². The zero-order valence-electron chi connectivity index (χ0n) is 14.2. The number of hydrogen-bond acceptors (Lipinski definition) is 3. The third-order valence-electron chi connectivity index (χ3n) is 4.70. The number of amides is 2. The van der Waals surface area contributed by atoms with Gasteiger partial charge >= 0.3 is 6.03 Å². The molecule has 1 aromatic carbocycles. The van der Waals surface area contributed by atoms with E-state index in [9.17, 15) is 4.79 Å². The van der Waals surface area contributed by atoms with E-state index < -0.39 is 0 Å². The number of nitrogens with one attached hydrogen (secondary N) is 1. The number of nitriles is 1. The van der Waals surface area contributed by atoms with Gasteiger partial charge in [-0.1, -0.05) is 26.0 Å². The first kappa shape index (κ1) is 17.3. The van der Waals surface area contributed by atoms with Crippen LogP contribution in [0.25, 0.3) is 0 Å². The normalized spacial score (nSPS) is 21.5. The molecule has 1 saturated heterocycles. The van der Waals surface area contributed by atoms with Crippen LogP contribution in [0.2, 0.25) is 0 Å². The molecule has 1 aliphatic heterocycles. The predicted octanol–water partition coefficient (Wildman–Crippen LogP) is 2.95. The number of likely N-dealkylation sites (tertiary alicyclic amines) is 1. The van der Waals surface area contributed by atoms with E-state index in [1.54, 1.807) is 0 Å². The molecule has 1 heterocycles. The molecule has 0 bridgehead atoms. The van der Waals surface area contributed by atoms with E-state index in [-0.39, 0.29) is 12.1 Å². The summed E-state index contributed by atoms with van der Waals surface area (Å²) >= 11 is 0. The Labute approximate surface area is 138 Å². The molecule has 0 aliphatic carbocycles. The molecule has 1 N–H and O–H groups in total. The molecule has 2 amide bonds. The molecule has 5 heteroatoms. The van der Waals surface area contributed by atoms with Gasteiger partial charge in [-0.3, -0.25) is 0 Å². The van der Waals surface area contributed by atoms with Crippen molar-refractivity contribution in [2.75, 3.05) is 32.0 Å². The van der Waals surface area contributed by atoms with Crippen molar-refractivity contribution >= 4 is 11.7 Å². The molecule has 0 aromatic heterocycles. The van der Waals surface area contributed by atoms with Crippen molar-refractivity contribution in [1.82, 2.24) is 9.80 Å². The van der Waals surface area contributed by atoms with Crippen LogP contribution in [0.1, 0.15) is 25.8 Å². The zero-order chi connectivity index (χ0) is 16.8. The minimum atomic E-state index is -0.0696. The van der Waals surface area contributed by atoms with Crippen molar-refractivity contribution in [1.29, 1.82) is 5.26 Å². The van der Waals surface area contributed by atoms with Gasteiger partial charge in [-0.05, 0) is 36.6 Å². The molecule has 1 aliphatic rings. The van der Waals surface area contributed by atoms with Crippen LogP contribution in [0.15, 0.2) is 24.3 Å². The number of urea groups is 1. The predicted molar refractivity (Wildman–Crippen MR) is 92.2 cm³/mol. The van der Waals surface area contributed by atoms with Crippen molar-refractivity contribution < 1.29 is 4.79 Å². The first-order chi connectivity index (χ1) is 11.0. The molecule has 1 aromatic rings. The molecule has 23 heavy (non-hydrogen) atoms. The Morgan fingerprint density at radius 2 is 2.13 bits per heavy atom. The van der Waals surface area contributed by atoms with Crippen LogP contribution in [-0.2, 0) is 6.42 Å². The van der Waals surface area contributed by atoms with Gasteiger partial charge in [-0.25, -0.2) is 4.79 Å². The number of anilines is 1. The number of carbonyl (C=O) groups is 1. The van der Waals surface area contributed by atoms with Gasteiger partial charge in [0, 0.05) is 31.9 Å². The molecule has 5 nitrogen and oxygen atoms in total. The van der Waals surface area contributed by atoms with Gasteiger partial charge in [0.2, 0.25) is 0 Å². The fraction of sp³-hybridized carbons (Fsp3) is 0.556. The summed E-state index contributed by atoms with van der Waals surface area (Å²) in [6.07, 6.45) is 1.40. The lowest BCUT2D eigenvalue weighted by Crippen LogP contribution is -2.51. The Balaban J connectivity index is 1.93. The van der Waals surface area contributed by atoms with E-state index in [1.807, 2.05) is 36.2 Å². The average molecular weight is 314 g/mol. The molecular formula is C18H26N4O. The van der Waals surface area contributed by atoms with Gasteiger partial charge in [0.25, 0.3) is 0 Å². The Kier molecular flexibility index (Phi) is 6.00. The van der Waals surface area contributed by atoms with Gasteiger partial charge in [-0.15, -0.1) is 0 Å². The van der Waals surface area contributed by atoms with E-state index in [0.29, 0.717) is 12.3 Å².